The summed E-state index contributed by atoms with van der Waals surface area (Å²) in [5.74, 6) is -4.48. The second kappa shape index (κ2) is 3.68. The van der Waals surface area contributed by atoms with E-state index in [1.165, 1.54) is 6.07 Å². The van der Waals surface area contributed by atoms with Crippen molar-refractivity contribution in [2.45, 2.75) is 18.8 Å². The lowest BCUT2D eigenvalue weighted by Crippen LogP contribution is -2.34. The summed E-state index contributed by atoms with van der Waals surface area (Å²) in [6, 6.07) is 3.14. The number of carbonyl (C=O) groups excluding carboxylic acids is 1. The Labute approximate surface area is 111 Å². The third-order valence-electron chi connectivity index (χ3n) is 3.18. The molecule has 18 heavy (non-hydrogen) atoms. The first-order valence-corrected chi connectivity index (χ1v) is 6.08. The van der Waals surface area contributed by atoms with Crippen LogP contribution in [-0.4, -0.2) is 16.7 Å². The van der Waals surface area contributed by atoms with Crippen LogP contribution in [0.2, 0.25) is 10.0 Å². The molecule has 0 unspecified atom stereocenters. The lowest BCUT2D eigenvalue weighted by Gasteiger charge is -2.20. The van der Waals surface area contributed by atoms with Gasteiger partial charge in [0.1, 0.15) is 0 Å². The van der Waals surface area contributed by atoms with E-state index in [0.29, 0.717) is 26.5 Å². The number of fused-ring (bicyclic) bond motifs is 3. The minimum absolute atomic E-state index is 0.0505. The number of Topliss-reactive ketones (excluding diaryl/α,β-unsaturated/α-hetero) is 1. The molecule has 0 bridgehead atoms. The fourth-order valence-electron chi connectivity index (χ4n) is 2.31. The Morgan fingerprint density at radius 1 is 1.28 bits per heavy atom. The van der Waals surface area contributed by atoms with Gasteiger partial charge in [-0.1, -0.05) is 23.2 Å². The Kier molecular flexibility index (Phi) is 2.44. The van der Waals surface area contributed by atoms with Crippen molar-refractivity contribution in [2.75, 3.05) is 0 Å². The molecule has 94 valence electrons. The Hall–Kier alpha value is -1.13. The average molecular weight is 290 g/mol. The highest BCUT2D eigenvalue weighted by atomic mass is 35.5. The van der Waals surface area contributed by atoms with E-state index in [1.54, 1.807) is 6.07 Å². The molecule has 1 aliphatic carbocycles. The van der Waals surface area contributed by atoms with Crippen LogP contribution in [0.5, 0.6) is 0 Å². The quantitative estimate of drug-likeness (QED) is 0.773. The number of hydrogen-bond donors (Lipinski definition) is 1. The highest BCUT2D eigenvalue weighted by Crippen LogP contribution is 2.39. The summed E-state index contributed by atoms with van der Waals surface area (Å²) >= 11 is 11.9. The van der Waals surface area contributed by atoms with E-state index in [9.17, 15) is 13.6 Å². The highest BCUT2D eigenvalue weighted by Gasteiger charge is 2.45. The smallest absolute Gasteiger partial charge is 0.311 e. The number of carbonyl (C=O) groups is 1. The third kappa shape index (κ3) is 1.56. The van der Waals surface area contributed by atoms with Gasteiger partial charge in [-0.25, -0.2) is 0 Å². The molecule has 2 aromatic rings. The summed E-state index contributed by atoms with van der Waals surface area (Å²) in [6.45, 7) is 0. The molecule has 0 radical (unpaired) electrons. The molecule has 1 heterocycles. The van der Waals surface area contributed by atoms with Gasteiger partial charge in [0.25, 0.3) is 0 Å². The Morgan fingerprint density at radius 2 is 2.00 bits per heavy atom. The number of aromatic amines is 1. The van der Waals surface area contributed by atoms with E-state index in [2.05, 4.69) is 4.98 Å². The molecular weight excluding hydrogens is 283 g/mol. The van der Waals surface area contributed by atoms with E-state index in [1.807, 2.05) is 0 Å². The van der Waals surface area contributed by atoms with Gasteiger partial charge in [0.05, 0.1) is 16.2 Å². The fourth-order valence-corrected chi connectivity index (χ4v) is 2.85. The number of hydrogen-bond acceptors (Lipinski definition) is 1. The molecule has 3 rings (SSSR count). The lowest BCUT2D eigenvalue weighted by molar-refractivity contribution is 0.00168. The zero-order valence-corrected chi connectivity index (χ0v) is 10.5. The molecular formula is C12H7Cl2F2NO. The number of nitrogens with one attached hydrogen (secondary N) is 1. The summed E-state index contributed by atoms with van der Waals surface area (Å²) in [5.41, 5.74) is 1.01. The van der Waals surface area contributed by atoms with Gasteiger partial charge in [-0.2, -0.15) is 8.78 Å². The molecule has 0 spiro atoms. The number of aromatic nitrogens is 1. The second-order valence-corrected chi connectivity index (χ2v) is 5.17. The van der Waals surface area contributed by atoms with Gasteiger partial charge < -0.3 is 4.98 Å². The molecule has 1 aromatic carbocycles. The van der Waals surface area contributed by atoms with E-state index < -0.39 is 18.1 Å². The number of alkyl halides is 2. The number of aryl methyl sites for hydroxylation is 1. The van der Waals surface area contributed by atoms with Crippen LogP contribution in [0.15, 0.2) is 12.1 Å². The lowest BCUT2D eigenvalue weighted by atomic mass is 9.92. The highest BCUT2D eigenvalue weighted by molar-refractivity contribution is 6.38. The van der Waals surface area contributed by atoms with E-state index in [-0.39, 0.29) is 12.1 Å². The van der Waals surface area contributed by atoms with Gasteiger partial charge in [-0.05, 0) is 24.1 Å². The number of ketones is 1. The number of H-pyrrole nitrogens is 1. The summed E-state index contributed by atoms with van der Waals surface area (Å²) < 4.78 is 26.7. The zero-order chi connectivity index (χ0) is 13.1. The molecule has 1 aromatic heterocycles. The minimum Gasteiger partial charge on any atom is -0.350 e. The van der Waals surface area contributed by atoms with Gasteiger partial charge in [0, 0.05) is 16.8 Å². The number of rotatable bonds is 0. The normalized spacial score (nSPS) is 18.1. The predicted molar refractivity (Wildman–Crippen MR) is 65.9 cm³/mol. The minimum atomic E-state index is -3.30. The van der Waals surface area contributed by atoms with E-state index in [4.69, 9.17) is 23.2 Å². The van der Waals surface area contributed by atoms with Gasteiger partial charge in [0.15, 0.2) is 0 Å². The first-order valence-electron chi connectivity index (χ1n) is 5.32. The van der Waals surface area contributed by atoms with Crippen molar-refractivity contribution in [3.05, 3.63) is 33.4 Å². The van der Waals surface area contributed by atoms with Gasteiger partial charge >= 0.3 is 5.92 Å². The van der Waals surface area contributed by atoms with Crippen LogP contribution in [0.3, 0.4) is 0 Å². The molecule has 0 amide bonds. The van der Waals surface area contributed by atoms with Crippen LogP contribution in [-0.2, 0) is 6.42 Å². The topological polar surface area (TPSA) is 32.9 Å². The van der Waals surface area contributed by atoms with Crippen LogP contribution in [0.25, 0.3) is 10.9 Å². The van der Waals surface area contributed by atoms with Crippen molar-refractivity contribution in [2.24, 2.45) is 0 Å². The SMILES string of the molecule is O=C1c2[nH]c3c(Cl)cc(Cl)cc3c2CCC1(F)F. The predicted octanol–water partition coefficient (Wildman–Crippen LogP) is 4.24. The van der Waals surface area contributed by atoms with Crippen molar-refractivity contribution >= 4 is 39.9 Å². The van der Waals surface area contributed by atoms with Crippen LogP contribution < -0.4 is 0 Å². The molecule has 0 fully saturated rings. The fraction of sp³-hybridized carbons (Fsp3) is 0.250. The van der Waals surface area contributed by atoms with Crippen molar-refractivity contribution in [3.63, 3.8) is 0 Å². The van der Waals surface area contributed by atoms with Crippen LogP contribution in [0.1, 0.15) is 22.5 Å². The average Bonchev–Trinajstić information content (AvgIpc) is 2.63. The maximum atomic E-state index is 13.4. The van der Waals surface area contributed by atoms with E-state index >= 15 is 0 Å². The second-order valence-electron chi connectivity index (χ2n) is 4.32. The molecule has 6 heteroatoms. The largest absolute Gasteiger partial charge is 0.350 e. The van der Waals surface area contributed by atoms with Crippen molar-refractivity contribution < 1.29 is 13.6 Å². The molecule has 0 aliphatic heterocycles. The number of halogens is 4. The first kappa shape index (κ1) is 11.9. The van der Waals surface area contributed by atoms with Crippen molar-refractivity contribution in [1.29, 1.82) is 0 Å². The van der Waals surface area contributed by atoms with E-state index in [0.717, 1.165) is 0 Å². The molecule has 2 nitrogen and oxygen atoms in total. The maximum Gasteiger partial charge on any atom is 0.311 e. The van der Waals surface area contributed by atoms with Gasteiger partial charge in [-0.3, -0.25) is 4.79 Å². The monoisotopic (exact) mass is 289 g/mol. The first-order chi connectivity index (χ1) is 8.40. The van der Waals surface area contributed by atoms with Crippen molar-refractivity contribution in [1.82, 2.24) is 4.98 Å². The van der Waals surface area contributed by atoms with Crippen LogP contribution in [0, 0.1) is 0 Å². The van der Waals surface area contributed by atoms with Gasteiger partial charge in [0.2, 0.25) is 5.78 Å². The molecule has 1 aliphatic rings. The Balaban J connectivity index is 2.33. The molecule has 0 saturated heterocycles. The Morgan fingerprint density at radius 3 is 2.72 bits per heavy atom. The standard InChI is InChI=1S/C12H7Cl2F2NO/c13-5-3-7-6-1-2-12(15,16)11(18)10(6)17-9(7)8(14)4-5/h3-4,17H,1-2H2. The van der Waals surface area contributed by atoms with Gasteiger partial charge in [-0.15, -0.1) is 0 Å². The third-order valence-corrected chi connectivity index (χ3v) is 3.70. The summed E-state index contributed by atoms with van der Waals surface area (Å²) in [6.07, 6.45) is -0.347. The number of benzene rings is 1. The Bertz CT molecular complexity index is 678. The summed E-state index contributed by atoms with van der Waals surface area (Å²) in [7, 11) is 0. The summed E-state index contributed by atoms with van der Waals surface area (Å²) in [4.78, 5) is 14.3. The van der Waals surface area contributed by atoms with Crippen molar-refractivity contribution in [3.8, 4) is 0 Å². The summed E-state index contributed by atoms with van der Waals surface area (Å²) in [5, 5.41) is 1.38. The maximum absolute atomic E-state index is 13.4. The molecule has 1 N–H and O–H groups in total. The molecule has 0 atom stereocenters. The zero-order valence-electron chi connectivity index (χ0n) is 8.99. The van der Waals surface area contributed by atoms with Crippen LogP contribution >= 0.6 is 23.2 Å². The van der Waals surface area contributed by atoms with Crippen LogP contribution in [0.4, 0.5) is 8.78 Å². The molecule has 0 saturated carbocycles.